The summed E-state index contributed by atoms with van der Waals surface area (Å²) in [5.74, 6) is -0.116. The van der Waals surface area contributed by atoms with Crippen LogP contribution in [-0.4, -0.2) is 31.7 Å². The van der Waals surface area contributed by atoms with Gasteiger partial charge in [0.05, 0.1) is 5.69 Å². The van der Waals surface area contributed by atoms with Gasteiger partial charge in [0.2, 0.25) is 11.9 Å². The molecule has 0 aliphatic rings. The van der Waals surface area contributed by atoms with Gasteiger partial charge in [-0.25, -0.2) is 0 Å². The van der Waals surface area contributed by atoms with Crippen LogP contribution in [0.1, 0.15) is 13.8 Å². The van der Waals surface area contributed by atoms with Crippen molar-refractivity contribution in [1.82, 2.24) is 20.2 Å². The Morgan fingerprint density at radius 2 is 2.00 bits per heavy atom. The number of tetrazole rings is 1. The molecule has 0 aliphatic heterocycles. The molecule has 1 aromatic carbocycles. The van der Waals surface area contributed by atoms with Crippen LogP contribution in [0.5, 0.6) is 0 Å². The standard InChI is InChI=1S/C11H14N6O/c1-11(2,9(12)18)13-10-14-15-16-17(10)8-6-4-3-5-7-8/h3-7H,1-2H3,(H2,12,18)(H,13,14,16). The Balaban J connectivity index is 2.32. The number of nitrogens with one attached hydrogen (secondary N) is 1. The Labute approximate surface area is 104 Å². The van der Waals surface area contributed by atoms with Crippen molar-refractivity contribution in [2.24, 2.45) is 5.73 Å². The maximum atomic E-state index is 11.3. The van der Waals surface area contributed by atoms with E-state index in [0.29, 0.717) is 5.95 Å². The van der Waals surface area contributed by atoms with Gasteiger partial charge in [-0.15, -0.1) is 0 Å². The van der Waals surface area contributed by atoms with Crippen molar-refractivity contribution in [3.8, 4) is 5.69 Å². The zero-order valence-electron chi connectivity index (χ0n) is 10.2. The average molecular weight is 246 g/mol. The van der Waals surface area contributed by atoms with Crippen LogP contribution < -0.4 is 11.1 Å². The summed E-state index contributed by atoms with van der Waals surface area (Å²) in [6, 6.07) is 9.37. The lowest BCUT2D eigenvalue weighted by Gasteiger charge is -2.22. The highest BCUT2D eigenvalue weighted by molar-refractivity contribution is 5.86. The van der Waals surface area contributed by atoms with E-state index >= 15 is 0 Å². The number of hydrogen-bond donors (Lipinski definition) is 2. The molecule has 2 rings (SSSR count). The van der Waals surface area contributed by atoms with Gasteiger partial charge in [0.1, 0.15) is 5.54 Å². The van der Waals surface area contributed by atoms with Gasteiger partial charge < -0.3 is 11.1 Å². The zero-order chi connectivity index (χ0) is 13.2. The fourth-order valence-electron chi connectivity index (χ4n) is 1.35. The van der Waals surface area contributed by atoms with Gasteiger partial charge >= 0.3 is 0 Å². The highest BCUT2D eigenvalue weighted by atomic mass is 16.1. The number of benzene rings is 1. The third-order valence-electron chi connectivity index (χ3n) is 2.51. The molecule has 0 atom stereocenters. The second kappa shape index (κ2) is 4.44. The quantitative estimate of drug-likeness (QED) is 0.810. The summed E-state index contributed by atoms with van der Waals surface area (Å²) in [5, 5.41) is 14.2. The van der Waals surface area contributed by atoms with Crippen molar-refractivity contribution in [1.29, 1.82) is 0 Å². The molecule has 1 aromatic heterocycles. The second-order valence-corrected chi connectivity index (χ2v) is 4.36. The van der Waals surface area contributed by atoms with Gasteiger partial charge in [-0.05, 0) is 36.4 Å². The lowest BCUT2D eigenvalue weighted by atomic mass is 10.1. The van der Waals surface area contributed by atoms with E-state index in [-0.39, 0.29) is 0 Å². The van der Waals surface area contributed by atoms with Gasteiger partial charge in [-0.1, -0.05) is 23.3 Å². The summed E-state index contributed by atoms with van der Waals surface area (Å²) < 4.78 is 1.50. The molecule has 0 spiro atoms. The van der Waals surface area contributed by atoms with Crippen LogP contribution in [0.25, 0.3) is 5.69 Å². The topological polar surface area (TPSA) is 98.7 Å². The summed E-state index contributed by atoms with van der Waals surface area (Å²) in [5.41, 5.74) is 5.16. The molecule has 0 bridgehead atoms. The van der Waals surface area contributed by atoms with Crippen molar-refractivity contribution in [3.63, 3.8) is 0 Å². The Morgan fingerprint density at radius 1 is 1.33 bits per heavy atom. The molecular weight excluding hydrogens is 232 g/mol. The molecule has 2 aromatic rings. The van der Waals surface area contributed by atoms with Crippen molar-refractivity contribution in [3.05, 3.63) is 30.3 Å². The fourth-order valence-corrected chi connectivity index (χ4v) is 1.35. The van der Waals surface area contributed by atoms with E-state index in [2.05, 4.69) is 20.8 Å². The first-order valence-corrected chi connectivity index (χ1v) is 5.42. The molecule has 7 nitrogen and oxygen atoms in total. The monoisotopic (exact) mass is 246 g/mol. The summed E-state index contributed by atoms with van der Waals surface area (Å²) in [6.45, 7) is 3.33. The molecular formula is C11H14N6O. The van der Waals surface area contributed by atoms with Crippen molar-refractivity contribution < 1.29 is 4.79 Å². The number of carbonyl (C=O) groups is 1. The summed E-state index contributed by atoms with van der Waals surface area (Å²) in [4.78, 5) is 11.3. The highest BCUT2D eigenvalue weighted by Crippen LogP contribution is 2.15. The summed E-state index contributed by atoms with van der Waals surface area (Å²) in [6.07, 6.45) is 0. The minimum Gasteiger partial charge on any atom is -0.368 e. The van der Waals surface area contributed by atoms with Crippen LogP contribution in [0.4, 0.5) is 5.95 Å². The number of rotatable bonds is 4. The SMILES string of the molecule is CC(C)(Nc1nnnn1-c1ccccc1)C(N)=O. The number of nitrogens with two attached hydrogens (primary N) is 1. The number of hydrogen-bond acceptors (Lipinski definition) is 5. The number of carbonyl (C=O) groups excluding carboxylic acids is 1. The van der Waals surface area contributed by atoms with E-state index in [1.807, 2.05) is 30.3 Å². The lowest BCUT2D eigenvalue weighted by Crippen LogP contribution is -2.45. The lowest BCUT2D eigenvalue weighted by molar-refractivity contribution is -0.121. The minimum atomic E-state index is -0.929. The fraction of sp³-hybridized carbons (Fsp3) is 0.273. The zero-order valence-corrected chi connectivity index (χ0v) is 10.2. The molecule has 0 unspecified atom stereocenters. The largest absolute Gasteiger partial charge is 0.368 e. The van der Waals surface area contributed by atoms with Gasteiger partial charge in [0.25, 0.3) is 0 Å². The van der Waals surface area contributed by atoms with Crippen LogP contribution in [0.15, 0.2) is 30.3 Å². The van der Waals surface area contributed by atoms with E-state index in [1.165, 1.54) is 4.68 Å². The first-order chi connectivity index (χ1) is 8.50. The average Bonchev–Trinajstić information content (AvgIpc) is 2.77. The van der Waals surface area contributed by atoms with Gasteiger partial charge in [0, 0.05) is 0 Å². The van der Waals surface area contributed by atoms with Crippen LogP contribution in [-0.2, 0) is 4.79 Å². The van der Waals surface area contributed by atoms with E-state index in [9.17, 15) is 4.79 Å². The molecule has 0 aliphatic carbocycles. The number of nitrogens with zero attached hydrogens (tertiary/aromatic N) is 4. The number of para-hydroxylation sites is 1. The van der Waals surface area contributed by atoms with Crippen LogP contribution in [0, 0.1) is 0 Å². The van der Waals surface area contributed by atoms with Gasteiger partial charge in [-0.2, -0.15) is 4.68 Å². The normalized spacial score (nSPS) is 11.2. The second-order valence-electron chi connectivity index (χ2n) is 4.36. The molecule has 3 N–H and O–H groups in total. The third kappa shape index (κ3) is 2.29. The molecule has 94 valence electrons. The van der Waals surface area contributed by atoms with Gasteiger partial charge in [0.15, 0.2) is 0 Å². The molecule has 1 amide bonds. The number of anilines is 1. The molecule has 7 heteroatoms. The van der Waals surface area contributed by atoms with E-state index in [1.54, 1.807) is 13.8 Å². The van der Waals surface area contributed by atoms with Crippen molar-refractivity contribution in [2.45, 2.75) is 19.4 Å². The third-order valence-corrected chi connectivity index (χ3v) is 2.51. The molecule has 0 saturated heterocycles. The molecule has 1 heterocycles. The predicted molar refractivity (Wildman–Crippen MR) is 66.1 cm³/mol. The van der Waals surface area contributed by atoms with E-state index in [0.717, 1.165) is 5.69 Å². The summed E-state index contributed by atoms with van der Waals surface area (Å²) >= 11 is 0. The van der Waals surface area contributed by atoms with Gasteiger partial charge in [-0.3, -0.25) is 4.79 Å². The predicted octanol–water partition coefficient (Wildman–Crippen LogP) is 0.338. The molecule has 0 fully saturated rings. The van der Waals surface area contributed by atoms with E-state index < -0.39 is 11.4 Å². The van der Waals surface area contributed by atoms with Crippen LogP contribution >= 0.6 is 0 Å². The first kappa shape index (κ1) is 12.0. The van der Waals surface area contributed by atoms with Crippen LogP contribution in [0.2, 0.25) is 0 Å². The first-order valence-electron chi connectivity index (χ1n) is 5.42. The smallest absolute Gasteiger partial charge is 0.248 e. The van der Waals surface area contributed by atoms with Crippen molar-refractivity contribution in [2.75, 3.05) is 5.32 Å². The van der Waals surface area contributed by atoms with Crippen LogP contribution in [0.3, 0.4) is 0 Å². The van der Waals surface area contributed by atoms with E-state index in [4.69, 9.17) is 5.73 Å². The number of primary amides is 1. The highest BCUT2D eigenvalue weighted by Gasteiger charge is 2.27. The summed E-state index contributed by atoms with van der Waals surface area (Å²) in [7, 11) is 0. The molecule has 0 saturated carbocycles. The number of amides is 1. The Hall–Kier alpha value is -2.44. The molecule has 0 radical (unpaired) electrons. The maximum Gasteiger partial charge on any atom is 0.248 e. The Morgan fingerprint density at radius 3 is 2.61 bits per heavy atom. The van der Waals surface area contributed by atoms with Crippen molar-refractivity contribution >= 4 is 11.9 Å². The maximum absolute atomic E-state index is 11.3. The Kier molecular flexibility index (Phi) is 2.97. The minimum absolute atomic E-state index is 0.366. The molecule has 18 heavy (non-hydrogen) atoms. The number of aromatic nitrogens is 4. The Bertz CT molecular complexity index is 548.